The minimum absolute atomic E-state index is 0.180. The Bertz CT molecular complexity index is 1310. The number of benzene rings is 2. The summed E-state index contributed by atoms with van der Waals surface area (Å²) in [6.07, 6.45) is 5.72. The van der Waals surface area contributed by atoms with E-state index in [0.29, 0.717) is 39.1 Å². The molecule has 40 heavy (non-hydrogen) atoms. The third-order valence-corrected chi connectivity index (χ3v) is 8.95. The third kappa shape index (κ3) is 6.57. The fraction of sp³-hybridized carbons (Fsp3) is 0.467. The summed E-state index contributed by atoms with van der Waals surface area (Å²) < 4.78 is 11.2. The molecule has 1 aromatic heterocycles. The van der Waals surface area contributed by atoms with Crippen molar-refractivity contribution in [3.05, 3.63) is 63.4 Å². The molecule has 10 heteroatoms. The largest absolute Gasteiger partial charge is 0.495 e. The van der Waals surface area contributed by atoms with Gasteiger partial charge in [-0.3, -0.25) is 4.90 Å². The number of likely N-dealkylation sites (N-methyl/N-ethyl adjacent to an activating group) is 1. The third-order valence-electron chi connectivity index (χ3n) is 8.01. The van der Waals surface area contributed by atoms with Crippen LogP contribution in [0.4, 0.5) is 17.3 Å². The average Bonchev–Trinajstić information content (AvgIpc) is 2.97. The van der Waals surface area contributed by atoms with E-state index < -0.39 is 0 Å². The highest BCUT2D eigenvalue weighted by atomic mass is 35.5. The predicted molar refractivity (Wildman–Crippen MR) is 163 cm³/mol. The number of anilines is 3. The van der Waals surface area contributed by atoms with Crippen molar-refractivity contribution >= 4 is 40.5 Å². The van der Waals surface area contributed by atoms with Crippen molar-refractivity contribution in [3.63, 3.8) is 0 Å². The molecule has 0 amide bonds. The molecule has 0 atom stereocenters. The van der Waals surface area contributed by atoms with Gasteiger partial charge in [0.05, 0.1) is 29.5 Å². The van der Waals surface area contributed by atoms with Gasteiger partial charge in [-0.1, -0.05) is 23.2 Å². The van der Waals surface area contributed by atoms with Crippen LogP contribution in [0, 0.1) is 13.8 Å². The quantitative estimate of drug-likeness (QED) is 0.348. The fourth-order valence-electron chi connectivity index (χ4n) is 5.47. The van der Waals surface area contributed by atoms with Crippen LogP contribution in [-0.2, 0) is 6.61 Å². The summed E-state index contributed by atoms with van der Waals surface area (Å²) in [4.78, 5) is 16.5. The number of nitrogens with zero attached hydrogens (tertiary/aromatic N) is 5. The molecular weight excluding hydrogens is 547 g/mol. The lowest BCUT2D eigenvalue weighted by Crippen LogP contribution is -2.52. The molecule has 0 radical (unpaired) electrons. The number of aryl methyl sites for hydroxylation is 2. The van der Waals surface area contributed by atoms with Gasteiger partial charge in [0, 0.05) is 62.2 Å². The summed E-state index contributed by atoms with van der Waals surface area (Å²) in [5.74, 6) is 1.59. The number of nitrogens with one attached hydrogen (secondary N) is 1. The molecule has 3 heterocycles. The molecule has 214 valence electrons. The number of piperazine rings is 1. The molecule has 0 aliphatic carbocycles. The lowest BCUT2D eigenvalue weighted by molar-refractivity contribution is 0.0982. The van der Waals surface area contributed by atoms with E-state index in [1.807, 2.05) is 13.0 Å². The number of methoxy groups -OCH3 is 1. The monoisotopic (exact) mass is 584 g/mol. The first-order chi connectivity index (χ1) is 19.3. The number of piperidine rings is 1. The van der Waals surface area contributed by atoms with E-state index in [-0.39, 0.29) is 6.61 Å². The normalized spacial score (nSPS) is 17.2. The van der Waals surface area contributed by atoms with E-state index in [1.165, 1.54) is 44.7 Å². The van der Waals surface area contributed by atoms with Gasteiger partial charge in [-0.2, -0.15) is 0 Å². The molecule has 2 fully saturated rings. The number of hydrogen-bond donors (Lipinski definition) is 1. The molecule has 0 unspecified atom stereocenters. The zero-order valence-electron chi connectivity index (χ0n) is 23.7. The maximum absolute atomic E-state index is 6.46. The van der Waals surface area contributed by atoms with Gasteiger partial charge in [0.2, 0.25) is 5.95 Å². The number of rotatable bonds is 8. The number of ether oxygens (including phenoxy) is 2. The molecule has 2 aliphatic heterocycles. The van der Waals surface area contributed by atoms with Crippen LogP contribution in [0.2, 0.25) is 10.0 Å². The van der Waals surface area contributed by atoms with Crippen molar-refractivity contribution in [3.8, 4) is 11.5 Å². The molecule has 0 bridgehead atoms. The number of halogens is 2. The molecule has 0 spiro atoms. The predicted octanol–water partition coefficient (Wildman–Crippen LogP) is 5.95. The van der Waals surface area contributed by atoms with Crippen LogP contribution in [0.1, 0.15) is 29.5 Å². The van der Waals surface area contributed by atoms with Gasteiger partial charge in [0.25, 0.3) is 0 Å². The van der Waals surface area contributed by atoms with Crippen molar-refractivity contribution in [2.75, 3.05) is 63.6 Å². The summed E-state index contributed by atoms with van der Waals surface area (Å²) in [7, 11) is 3.79. The van der Waals surface area contributed by atoms with Crippen LogP contribution in [0.25, 0.3) is 0 Å². The molecule has 2 aromatic carbocycles. The van der Waals surface area contributed by atoms with Crippen LogP contribution in [-0.4, -0.2) is 79.2 Å². The molecule has 8 nitrogen and oxygen atoms in total. The molecule has 2 aliphatic rings. The Morgan fingerprint density at radius 3 is 2.27 bits per heavy atom. The lowest BCUT2D eigenvalue weighted by atomic mass is 10.0. The first-order valence-corrected chi connectivity index (χ1v) is 14.6. The van der Waals surface area contributed by atoms with E-state index in [2.05, 4.69) is 62.2 Å². The highest BCUT2D eigenvalue weighted by Gasteiger charge is 2.27. The molecule has 1 N–H and O–H groups in total. The number of hydrogen-bond acceptors (Lipinski definition) is 8. The van der Waals surface area contributed by atoms with E-state index in [4.69, 9.17) is 32.7 Å². The van der Waals surface area contributed by atoms with Gasteiger partial charge in [-0.25, -0.2) is 9.97 Å². The topological polar surface area (TPSA) is 66.0 Å². The first-order valence-electron chi connectivity index (χ1n) is 13.8. The summed E-state index contributed by atoms with van der Waals surface area (Å²) in [5, 5.41) is 4.33. The molecule has 3 aromatic rings. The zero-order chi connectivity index (χ0) is 28.2. The van der Waals surface area contributed by atoms with Crippen LogP contribution in [0.15, 0.2) is 36.7 Å². The molecule has 0 saturated carbocycles. The molecule has 5 rings (SSSR count). The minimum atomic E-state index is 0.180. The Morgan fingerprint density at radius 2 is 1.62 bits per heavy atom. The van der Waals surface area contributed by atoms with Crippen molar-refractivity contribution in [1.82, 2.24) is 19.8 Å². The van der Waals surface area contributed by atoms with Crippen molar-refractivity contribution in [2.24, 2.45) is 0 Å². The van der Waals surface area contributed by atoms with Crippen molar-refractivity contribution in [2.45, 2.75) is 39.3 Å². The highest BCUT2D eigenvalue weighted by molar-refractivity contribution is 6.37. The van der Waals surface area contributed by atoms with E-state index in [1.54, 1.807) is 19.5 Å². The van der Waals surface area contributed by atoms with Gasteiger partial charge in [0.1, 0.15) is 12.4 Å². The Labute approximate surface area is 247 Å². The average molecular weight is 586 g/mol. The van der Waals surface area contributed by atoms with Crippen LogP contribution in [0.5, 0.6) is 11.5 Å². The summed E-state index contributed by atoms with van der Waals surface area (Å²) >= 11 is 12.9. The molecular formula is C30H38Cl2N6O2. The lowest BCUT2D eigenvalue weighted by Gasteiger charge is -2.42. The van der Waals surface area contributed by atoms with Crippen molar-refractivity contribution in [1.29, 1.82) is 0 Å². The van der Waals surface area contributed by atoms with Crippen LogP contribution < -0.4 is 19.7 Å². The van der Waals surface area contributed by atoms with Gasteiger partial charge >= 0.3 is 0 Å². The molecule has 2 saturated heterocycles. The SMILES string of the molecule is COc1cc(C)c(Cl)c(COc2cnc(Nc3ccc(N4CCC(N5CCN(C)CC5)CC4)cc3C)nc2)c1Cl. The summed E-state index contributed by atoms with van der Waals surface area (Å²) in [5.41, 5.74) is 4.94. The summed E-state index contributed by atoms with van der Waals surface area (Å²) in [6.45, 7) is 11.1. The second kappa shape index (κ2) is 12.8. The Morgan fingerprint density at radius 1 is 0.925 bits per heavy atom. The Balaban J connectivity index is 1.15. The van der Waals surface area contributed by atoms with Crippen LogP contribution in [0.3, 0.4) is 0 Å². The van der Waals surface area contributed by atoms with Crippen molar-refractivity contribution < 1.29 is 9.47 Å². The van der Waals surface area contributed by atoms with E-state index in [9.17, 15) is 0 Å². The minimum Gasteiger partial charge on any atom is -0.495 e. The summed E-state index contributed by atoms with van der Waals surface area (Å²) in [6, 6.07) is 9.07. The second-order valence-electron chi connectivity index (χ2n) is 10.7. The smallest absolute Gasteiger partial charge is 0.227 e. The van der Waals surface area contributed by atoms with E-state index >= 15 is 0 Å². The zero-order valence-corrected chi connectivity index (χ0v) is 25.2. The Hall–Kier alpha value is -2.78. The van der Waals surface area contributed by atoms with Crippen LogP contribution >= 0.6 is 23.2 Å². The van der Waals surface area contributed by atoms with Gasteiger partial charge < -0.3 is 24.6 Å². The maximum atomic E-state index is 6.46. The van der Waals surface area contributed by atoms with Gasteiger partial charge in [-0.15, -0.1) is 0 Å². The standard InChI is InChI=1S/C30H38Cl2N6O2/c1-20-15-23(37-9-7-22(8-10-37)38-13-11-36(3)12-14-38)5-6-26(20)35-30-33-17-24(18-34-30)40-19-25-28(31)21(2)16-27(39-4)29(25)32/h5-6,15-18,22H,7-14,19H2,1-4H3,(H,33,34,35). The van der Waals surface area contributed by atoms with Gasteiger partial charge in [-0.05, 0) is 69.1 Å². The first kappa shape index (κ1) is 28.7. The highest BCUT2D eigenvalue weighted by Crippen LogP contribution is 2.36. The Kier molecular flexibility index (Phi) is 9.20. The van der Waals surface area contributed by atoms with E-state index in [0.717, 1.165) is 29.9 Å². The number of aromatic nitrogens is 2. The fourth-order valence-corrected chi connectivity index (χ4v) is 6.01. The maximum Gasteiger partial charge on any atom is 0.227 e. The second-order valence-corrected chi connectivity index (χ2v) is 11.5. The van der Waals surface area contributed by atoms with Gasteiger partial charge in [0.15, 0.2) is 5.75 Å².